The summed E-state index contributed by atoms with van der Waals surface area (Å²) in [6, 6.07) is 6.84. The van der Waals surface area contributed by atoms with Gasteiger partial charge in [0.1, 0.15) is 12.1 Å². The predicted octanol–water partition coefficient (Wildman–Crippen LogP) is -0.830. The van der Waals surface area contributed by atoms with Gasteiger partial charge in [0.15, 0.2) is 5.96 Å². The van der Waals surface area contributed by atoms with Crippen molar-refractivity contribution in [1.29, 1.82) is 0 Å². The molecule has 1 saturated heterocycles. The second-order valence-electron chi connectivity index (χ2n) is 7.33. The van der Waals surface area contributed by atoms with E-state index in [4.69, 9.17) is 17.2 Å². The molecule has 1 heterocycles. The fraction of sp³-hybridized carbons (Fsp3) is 0.500. The molecule has 10 nitrogen and oxygen atoms in total. The van der Waals surface area contributed by atoms with Crippen molar-refractivity contribution < 1.29 is 19.5 Å². The van der Waals surface area contributed by atoms with Crippen LogP contribution in [0.5, 0.6) is 0 Å². The van der Waals surface area contributed by atoms with E-state index in [0.717, 1.165) is 5.56 Å². The number of nitrogens with one attached hydrogen (secondary N) is 1. The van der Waals surface area contributed by atoms with Gasteiger partial charge in [-0.25, -0.2) is 4.79 Å². The third-order valence-corrected chi connectivity index (χ3v) is 5.01. The molecule has 164 valence electrons. The number of aliphatic imine (C=N–C) groups is 1. The molecule has 1 aliphatic rings. The second-order valence-corrected chi connectivity index (χ2v) is 7.33. The largest absolute Gasteiger partial charge is 0.480 e. The molecule has 0 spiro atoms. The van der Waals surface area contributed by atoms with Crippen molar-refractivity contribution in [2.45, 2.75) is 50.2 Å². The Kier molecular flexibility index (Phi) is 8.60. The molecule has 1 aliphatic heterocycles. The maximum absolute atomic E-state index is 12.8. The lowest BCUT2D eigenvalue weighted by atomic mass is 10.0. The Morgan fingerprint density at radius 1 is 1.23 bits per heavy atom. The van der Waals surface area contributed by atoms with Gasteiger partial charge < -0.3 is 32.5 Å². The van der Waals surface area contributed by atoms with Gasteiger partial charge in [0, 0.05) is 13.1 Å². The number of aliphatic carboxylic acids is 1. The zero-order chi connectivity index (χ0) is 22.1. The Balaban J connectivity index is 1.95. The predicted molar refractivity (Wildman–Crippen MR) is 112 cm³/mol. The molecular formula is C20H30N6O4. The minimum atomic E-state index is -1.15. The van der Waals surface area contributed by atoms with Crippen molar-refractivity contribution in [3.8, 4) is 0 Å². The molecule has 3 atom stereocenters. The lowest BCUT2D eigenvalue weighted by Gasteiger charge is -2.27. The summed E-state index contributed by atoms with van der Waals surface area (Å²) in [6.07, 6.45) is 2.06. The monoisotopic (exact) mass is 418 g/mol. The van der Waals surface area contributed by atoms with E-state index in [1.165, 1.54) is 4.90 Å². The molecule has 0 aliphatic carbocycles. The molecule has 30 heavy (non-hydrogen) atoms. The Bertz CT molecular complexity index is 766. The SMILES string of the molecule is NC(N)=NCCC[C@H](NC(=O)[C@@H]1CCCN1C(=O)[C@@H](N)Cc1ccccc1)C(=O)O. The van der Waals surface area contributed by atoms with Crippen molar-refractivity contribution in [3.63, 3.8) is 0 Å². The summed E-state index contributed by atoms with van der Waals surface area (Å²) in [5, 5.41) is 11.9. The zero-order valence-corrected chi connectivity index (χ0v) is 16.9. The summed E-state index contributed by atoms with van der Waals surface area (Å²) in [5.41, 5.74) is 17.5. The van der Waals surface area contributed by atoms with E-state index in [1.807, 2.05) is 30.3 Å². The Hall–Kier alpha value is -3.14. The highest BCUT2D eigenvalue weighted by molar-refractivity contribution is 5.92. The number of amides is 2. The van der Waals surface area contributed by atoms with E-state index >= 15 is 0 Å². The first kappa shape index (κ1) is 23.1. The van der Waals surface area contributed by atoms with E-state index in [2.05, 4.69) is 10.3 Å². The maximum Gasteiger partial charge on any atom is 0.326 e. The van der Waals surface area contributed by atoms with Crippen LogP contribution in [-0.2, 0) is 20.8 Å². The summed E-state index contributed by atoms with van der Waals surface area (Å²) in [4.78, 5) is 42.3. The molecule has 1 aromatic rings. The molecule has 2 amide bonds. The van der Waals surface area contributed by atoms with Crippen LogP contribution < -0.4 is 22.5 Å². The summed E-state index contributed by atoms with van der Waals surface area (Å²) < 4.78 is 0. The van der Waals surface area contributed by atoms with Gasteiger partial charge in [0.2, 0.25) is 11.8 Å². The van der Waals surface area contributed by atoms with Gasteiger partial charge in [-0.15, -0.1) is 0 Å². The maximum atomic E-state index is 12.8. The zero-order valence-electron chi connectivity index (χ0n) is 16.9. The molecular weight excluding hydrogens is 388 g/mol. The van der Waals surface area contributed by atoms with Crippen LogP contribution in [0, 0.1) is 0 Å². The number of guanidine groups is 1. The van der Waals surface area contributed by atoms with Gasteiger partial charge in [-0.1, -0.05) is 30.3 Å². The molecule has 10 heteroatoms. The van der Waals surface area contributed by atoms with Crippen LogP contribution >= 0.6 is 0 Å². The Labute approximate surface area is 175 Å². The van der Waals surface area contributed by atoms with E-state index < -0.39 is 30.0 Å². The molecule has 8 N–H and O–H groups in total. The highest BCUT2D eigenvalue weighted by Gasteiger charge is 2.37. The van der Waals surface area contributed by atoms with Crippen molar-refractivity contribution in [2.24, 2.45) is 22.2 Å². The topological polar surface area (TPSA) is 177 Å². The number of benzene rings is 1. The smallest absolute Gasteiger partial charge is 0.326 e. The molecule has 0 bridgehead atoms. The minimum Gasteiger partial charge on any atom is -0.480 e. The molecule has 1 aromatic carbocycles. The number of carboxylic acids is 1. The van der Waals surface area contributed by atoms with Crippen LogP contribution in [0.1, 0.15) is 31.2 Å². The number of carboxylic acid groups (broad SMARTS) is 1. The first-order valence-electron chi connectivity index (χ1n) is 9.98. The summed E-state index contributed by atoms with van der Waals surface area (Å²) in [7, 11) is 0. The standard InChI is InChI=1S/C20H30N6O4/c21-14(12-13-6-2-1-3-7-13)18(28)26-11-5-9-16(26)17(27)25-15(19(29)30)8-4-10-24-20(22)23/h1-3,6-7,14-16H,4-5,8-12,21H2,(H,25,27)(H,29,30)(H4,22,23,24)/t14-,15-,16-/m0/s1. The lowest BCUT2D eigenvalue weighted by Crippen LogP contribution is -2.54. The average molecular weight is 418 g/mol. The van der Waals surface area contributed by atoms with Crippen molar-refractivity contribution in [1.82, 2.24) is 10.2 Å². The number of hydrogen-bond donors (Lipinski definition) is 5. The number of likely N-dealkylation sites (tertiary alicyclic amines) is 1. The summed E-state index contributed by atoms with van der Waals surface area (Å²) >= 11 is 0. The number of rotatable bonds is 10. The van der Waals surface area contributed by atoms with Crippen molar-refractivity contribution >= 4 is 23.7 Å². The Morgan fingerprint density at radius 2 is 1.93 bits per heavy atom. The highest BCUT2D eigenvalue weighted by Crippen LogP contribution is 2.19. The van der Waals surface area contributed by atoms with Gasteiger partial charge in [0.05, 0.1) is 6.04 Å². The normalized spacial score (nSPS) is 17.8. The van der Waals surface area contributed by atoms with Crippen LogP contribution in [-0.4, -0.2) is 65.0 Å². The van der Waals surface area contributed by atoms with Crippen LogP contribution in [0.3, 0.4) is 0 Å². The third kappa shape index (κ3) is 6.73. The third-order valence-electron chi connectivity index (χ3n) is 5.01. The molecule has 0 unspecified atom stereocenters. The number of hydrogen-bond acceptors (Lipinski definition) is 5. The molecule has 1 fully saturated rings. The van der Waals surface area contributed by atoms with Crippen molar-refractivity contribution in [2.75, 3.05) is 13.1 Å². The summed E-state index contributed by atoms with van der Waals surface area (Å²) in [6.45, 7) is 0.687. The number of nitrogens with two attached hydrogens (primary N) is 3. The fourth-order valence-electron chi connectivity index (χ4n) is 3.50. The number of nitrogens with zero attached hydrogens (tertiary/aromatic N) is 2. The average Bonchev–Trinajstić information content (AvgIpc) is 3.19. The quantitative estimate of drug-likeness (QED) is 0.187. The molecule has 0 aromatic heterocycles. The van der Waals surface area contributed by atoms with Gasteiger partial charge >= 0.3 is 5.97 Å². The Morgan fingerprint density at radius 3 is 2.57 bits per heavy atom. The van der Waals surface area contributed by atoms with Gasteiger partial charge in [-0.05, 0) is 37.7 Å². The summed E-state index contributed by atoms with van der Waals surface area (Å²) in [5.74, 6) is -2.01. The van der Waals surface area contributed by atoms with E-state index in [0.29, 0.717) is 32.2 Å². The molecule has 2 rings (SSSR count). The lowest BCUT2D eigenvalue weighted by molar-refractivity contribution is -0.144. The van der Waals surface area contributed by atoms with E-state index in [-0.39, 0.29) is 24.8 Å². The van der Waals surface area contributed by atoms with E-state index in [9.17, 15) is 19.5 Å². The first-order chi connectivity index (χ1) is 14.3. The van der Waals surface area contributed by atoms with Crippen molar-refractivity contribution in [3.05, 3.63) is 35.9 Å². The van der Waals surface area contributed by atoms with Crippen LogP contribution in [0.15, 0.2) is 35.3 Å². The van der Waals surface area contributed by atoms with Gasteiger partial charge in [0.25, 0.3) is 0 Å². The van der Waals surface area contributed by atoms with Gasteiger partial charge in [-0.2, -0.15) is 0 Å². The molecule has 0 radical (unpaired) electrons. The van der Waals surface area contributed by atoms with Crippen LogP contribution in [0.4, 0.5) is 0 Å². The second kappa shape index (κ2) is 11.1. The van der Waals surface area contributed by atoms with Crippen LogP contribution in [0.2, 0.25) is 0 Å². The minimum absolute atomic E-state index is 0.0714. The fourth-order valence-corrected chi connectivity index (χ4v) is 3.50. The molecule has 0 saturated carbocycles. The van der Waals surface area contributed by atoms with Crippen LogP contribution in [0.25, 0.3) is 0 Å². The first-order valence-corrected chi connectivity index (χ1v) is 9.98. The highest BCUT2D eigenvalue weighted by atomic mass is 16.4. The number of carbonyl (C=O) groups is 3. The number of carbonyl (C=O) groups excluding carboxylic acids is 2. The van der Waals surface area contributed by atoms with Gasteiger partial charge in [-0.3, -0.25) is 14.6 Å². The van der Waals surface area contributed by atoms with E-state index in [1.54, 1.807) is 0 Å².